The second-order valence-corrected chi connectivity index (χ2v) is 6.55. The first-order chi connectivity index (χ1) is 12.0. The molecule has 2 amide bonds. The molecule has 0 unspecified atom stereocenters. The molecule has 0 atom stereocenters. The van der Waals surface area contributed by atoms with Crippen molar-refractivity contribution in [2.75, 3.05) is 26.2 Å². The molecule has 6 nitrogen and oxygen atoms in total. The van der Waals surface area contributed by atoms with Crippen LogP contribution in [0.3, 0.4) is 0 Å². The number of hydrogen-bond donors (Lipinski definition) is 1. The minimum atomic E-state index is -0.0246. The van der Waals surface area contributed by atoms with Crippen LogP contribution in [0.4, 0.5) is 0 Å². The Morgan fingerprint density at radius 2 is 1.64 bits per heavy atom. The van der Waals surface area contributed by atoms with Crippen LogP contribution in [0, 0.1) is 13.8 Å². The maximum atomic E-state index is 12.6. The standard InChI is InChI=1S/C19H24N4O2/c1-14-12-17(20-13-14)19(25)23-10-4-8-22(9-5-11-23)18(24)16-7-3-6-15(2)21-16/h3,6-7,12-13,20H,4-5,8-11H2,1-2H3. The third-order valence-corrected chi connectivity index (χ3v) is 4.45. The second kappa shape index (κ2) is 7.51. The molecule has 132 valence electrons. The average Bonchev–Trinajstić information content (AvgIpc) is 3.00. The van der Waals surface area contributed by atoms with Crippen molar-refractivity contribution < 1.29 is 9.59 Å². The number of aryl methyl sites for hydroxylation is 2. The summed E-state index contributed by atoms with van der Waals surface area (Å²) in [5.41, 5.74) is 3.03. The molecule has 3 heterocycles. The van der Waals surface area contributed by atoms with Gasteiger partial charge in [-0.2, -0.15) is 0 Å². The summed E-state index contributed by atoms with van der Waals surface area (Å²) in [5, 5.41) is 0. The number of aromatic nitrogens is 2. The smallest absolute Gasteiger partial charge is 0.272 e. The second-order valence-electron chi connectivity index (χ2n) is 6.55. The zero-order valence-electron chi connectivity index (χ0n) is 14.8. The lowest BCUT2D eigenvalue weighted by molar-refractivity contribution is 0.0653. The van der Waals surface area contributed by atoms with Crippen LogP contribution in [-0.2, 0) is 0 Å². The zero-order chi connectivity index (χ0) is 17.8. The maximum Gasteiger partial charge on any atom is 0.272 e. The van der Waals surface area contributed by atoms with E-state index in [1.54, 1.807) is 6.07 Å². The number of carbonyl (C=O) groups is 2. The Kier molecular flexibility index (Phi) is 5.16. The predicted octanol–water partition coefficient (Wildman–Crippen LogP) is 2.40. The molecule has 0 aliphatic carbocycles. The molecule has 1 N–H and O–H groups in total. The number of aromatic amines is 1. The van der Waals surface area contributed by atoms with E-state index < -0.39 is 0 Å². The van der Waals surface area contributed by atoms with Crippen LogP contribution < -0.4 is 0 Å². The molecule has 2 aromatic rings. The van der Waals surface area contributed by atoms with Gasteiger partial charge in [-0.25, -0.2) is 4.98 Å². The largest absolute Gasteiger partial charge is 0.357 e. The molecule has 1 fully saturated rings. The molecule has 25 heavy (non-hydrogen) atoms. The van der Waals surface area contributed by atoms with Gasteiger partial charge in [0.1, 0.15) is 11.4 Å². The SMILES string of the molecule is Cc1c[nH]c(C(=O)N2CCCN(C(=O)c3cccc(C)n3)CCC2)c1. The van der Waals surface area contributed by atoms with Gasteiger partial charge in [-0.1, -0.05) is 6.07 Å². The third-order valence-electron chi connectivity index (χ3n) is 4.45. The summed E-state index contributed by atoms with van der Waals surface area (Å²) in [4.78, 5) is 36.3. The lowest BCUT2D eigenvalue weighted by Gasteiger charge is -2.30. The van der Waals surface area contributed by atoms with Gasteiger partial charge in [0, 0.05) is 38.1 Å². The van der Waals surface area contributed by atoms with E-state index in [1.807, 2.05) is 48.0 Å². The Labute approximate surface area is 147 Å². The van der Waals surface area contributed by atoms with E-state index in [9.17, 15) is 9.59 Å². The van der Waals surface area contributed by atoms with Crippen LogP contribution in [0.25, 0.3) is 0 Å². The fourth-order valence-electron chi connectivity index (χ4n) is 3.16. The molecule has 0 aromatic carbocycles. The molecule has 0 bridgehead atoms. The summed E-state index contributed by atoms with van der Waals surface area (Å²) in [6.07, 6.45) is 3.37. The fraction of sp³-hybridized carbons (Fsp3) is 0.421. The minimum absolute atomic E-state index is 0.0246. The zero-order valence-corrected chi connectivity index (χ0v) is 14.8. The first-order valence-corrected chi connectivity index (χ1v) is 8.72. The molecule has 1 aliphatic rings. The number of pyridine rings is 1. The molecule has 2 aromatic heterocycles. The molecule has 0 radical (unpaired) electrons. The van der Waals surface area contributed by atoms with Gasteiger partial charge < -0.3 is 14.8 Å². The molecule has 1 aliphatic heterocycles. The number of nitrogens with one attached hydrogen (secondary N) is 1. The molecular weight excluding hydrogens is 316 g/mol. The highest BCUT2D eigenvalue weighted by Gasteiger charge is 2.22. The van der Waals surface area contributed by atoms with Crippen molar-refractivity contribution in [1.29, 1.82) is 0 Å². The lowest BCUT2D eigenvalue weighted by Crippen LogP contribution is -2.42. The van der Waals surface area contributed by atoms with Crippen LogP contribution in [-0.4, -0.2) is 57.8 Å². The summed E-state index contributed by atoms with van der Waals surface area (Å²) < 4.78 is 0. The molecule has 0 saturated carbocycles. The van der Waals surface area contributed by atoms with Crippen LogP contribution in [0.1, 0.15) is 45.1 Å². The van der Waals surface area contributed by atoms with Gasteiger partial charge >= 0.3 is 0 Å². The van der Waals surface area contributed by atoms with E-state index in [4.69, 9.17) is 0 Å². The average molecular weight is 340 g/mol. The Morgan fingerprint density at radius 1 is 1.00 bits per heavy atom. The minimum Gasteiger partial charge on any atom is -0.357 e. The molecule has 6 heteroatoms. The summed E-state index contributed by atoms with van der Waals surface area (Å²) in [5.74, 6) is 0.0108. The molecule has 3 rings (SSSR count). The number of carbonyl (C=O) groups excluding carboxylic acids is 2. The van der Waals surface area contributed by atoms with Gasteiger partial charge in [0.05, 0.1) is 0 Å². The van der Waals surface area contributed by atoms with Crippen molar-refractivity contribution in [1.82, 2.24) is 19.8 Å². The number of nitrogens with zero attached hydrogens (tertiary/aromatic N) is 3. The number of H-pyrrole nitrogens is 1. The van der Waals surface area contributed by atoms with Crippen molar-refractivity contribution >= 4 is 11.8 Å². The van der Waals surface area contributed by atoms with E-state index in [1.165, 1.54) is 0 Å². The normalized spacial score (nSPS) is 15.6. The van der Waals surface area contributed by atoms with Crippen LogP contribution in [0.2, 0.25) is 0 Å². The monoisotopic (exact) mass is 340 g/mol. The summed E-state index contributed by atoms with van der Waals surface area (Å²) in [6.45, 7) is 6.44. The van der Waals surface area contributed by atoms with E-state index in [2.05, 4.69) is 9.97 Å². The van der Waals surface area contributed by atoms with Crippen molar-refractivity contribution in [2.45, 2.75) is 26.7 Å². The van der Waals surface area contributed by atoms with E-state index >= 15 is 0 Å². The van der Waals surface area contributed by atoms with E-state index in [-0.39, 0.29) is 11.8 Å². The van der Waals surface area contributed by atoms with Gasteiger partial charge in [0.25, 0.3) is 11.8 Å². The third kappa shape index (κ3) is 4.07. The molecule has 0 spiro atoms. The summed E-state index contributed by atoms with van der Waals surface area (Å²) >= 11 is 0. The Morgan fingerprint density at radius 3 is 2.20 bits per heavy atom. The van der Waals surface area contributed by atoms with Crippen LogP contribution in [0.15, 0.2) is 30.5 Å². The maximum absolute atomic E-state index is 12.6. The van der Waals surface area contributed by atoms with Gasteiger partial charge in [0.15, 0.2) is 0 Å². The summed E-state index contributed by atoms with van der Waals surface area (Å²) in [6, 6.07) is 7.38. The van der Waals surface area contributed by atoms with Crippen molar-refractivity contribution in [3.8, 4) is 0 Å². The highest BCUT2D eigenvalue weighted by Crippen LogP contribution is 2.12. The summed E-state index contributed by atoms with van der Waals surface area (Å²) in [7, 11) is 0. The van der Waals surface area contributed by atoms with Gasteiger partial charge in [0.2, 0.25) is 0 Å². The van der Waals surface area contributed by atoms with Gasteiger partial charge in [-0.15, -0.1) is 0 Å². The Hall–Kier alpha value is -2.63. The van der Waals surface area contributed by atoms with Crippen molar-refractivity contribution in [2.24, 2.45) is 0 Å². The fourth-order valence-corrected chi connectivity index (χ4v) is 3.16. The van der Waals surface area contributed by atoms with Crippen molar-refractivity contribution in [3.63, 3.8) is 0 Å². The molecular formula is C19H24N4O2. The van der Waals surface area contributed by atoms with Crippen LogP contribution >= 0.6 is 0 Å². The molecule has 1 saturated heterocycles. The van der Waals surface area contributed by atoms with E-state index in [0.717, 1.165) is 24.1 Å². The van der Waals surface area contributed by atoms with Gasteiger partial charge in [-0.05, 0) is 50.5 Å². The Bertz CT molecular complexity index is 758. The predicted molar refractivity (Wildman–Crippen MR) is 95.5 cm³/mol. The van der Waals surface area contributed by atoms with Crippen molar-refractivity contribution in [3.05, 3.63) is 53.1 Å². The quantitative estimate of drug-likeness (QED) is 0.913. The first kappa shape index (κ1) is 17.2. The number of rotatable bonds is 2. The Balaban J connectivity index is 1.60. The lowest BCUT2D eigenvalue weighted by atomic mass is 10.2. The highest BCUT2D eigenvalue weighted by molar-refractivity contribution is 5.93. The highest BCUT2D eigenvalue weighted by atomic mass is 16.2. The van der Waals surface area contributed by atoms with Crippen LogP contribution in [0.5, 0.6) is 0 Å². The number of hydrogen-bond acceptors (Lipinski definition) is 3. The number of amides is 2. The van der Waals surface area contributed by atoms with E-state index in [0.29, 0.717) is 37.6 Å². The van der Waals surface area contributed by atoms with Gasteiger partial charge in [-0.3, -0.25) is 9.59 Å². The topological polar surface area (TPSA) is 69.3 Å². The first-order valence-electron chi connectivity index (χ1n) is 8.72.